The SMILES string of the molecule is CC(C)(C)OC(=O)N1CCOCC1C(=O)CC1CCCC1. The van der Waals surface area contributed by atoms with Gasteiger partial charge in [-0.15, -0.1) is 0 Å². The fourth-order valence-corrected chi connectivity index (χ4v) is 3.04. The monoisotopic (exact) mass is 297 g/mol. The lowest BCUT2D eigenvalue weighted by Crippen LogP contribution is -2.54. The van der Waals surface area contributed by atoms with Crippen molar-refractivity contribution >= 4 is 11.9 Å². The van der Waals surface area contributed by atoms with Gasteiger partial charge in [0.15, 0.2) is 5.78 Å². The topological polar surface area (TPSA) is 55.8 Å². The van der Waals surface area contributed by atoms with Gasteiger partial charge in [-0.25, -0.2) is 4.79 Å². The highest BCUT2D eigenvalue weighted by atomic mass is 16.6. The van der Waals surface area contributed by atoms with E-state index in [1.807, 2.05) is 20.8 Å². The fourth-order valence-electron chi connectivity index (χ4n) is 3.04. The number of nitrogens with zero attached hydrogens (tertiary/aromatic N) is 1. The Morgan fingerprint density at radius 3 is 2.52 bits per heavy atom. The summed E-state index contributed by atoms with van der Waals surface area (Å²) in [6, 6.07) is -0.478. The van der Waals surface area contributed by atoms with E-state index in [1.54, 1.807) is 4.90 Å². The number of hydrogen-bond acceptors (Lipinski definition) is 4. The summed E-state index contributed by atoms with van der Waals surface area (Å²) in [5, 5.41) is 0. The predicted molar refractivity (Wildman–Crippen MR) is 79.1 cm³/mol. The Kier molecular flexibility index (Phi) is 5.25. The molecule has 0 aromatic rings. The van der Waals surface area contributed by atoms with Crippen LogP contribution in [0.3, 0.4) is 0 Å². The average molecular weight is 297 g/mol. The Bertz CT molecular complexity index is 382. The van der Waals surface area contributed by atoms with Crippen molar-refractivity contribution in [2.45, 2.75) is 64.5 Å². The maximum absolute atomic E-state index is 12.5. The van der Waals surface area contributed by atoms with Crippen LogP contribution in [0.4, 0.5) is 4.79 Å². The fraction of sp³-hybridized carbons (Fsp3) is 0.875. The van der Waals surface area contributed by atoms with E-state index in [-0.39, 0.29) is 5.78 Å². The summed E-state index contributed by atoms with van der Waals surface area (Å²) in [4.78, 5) is 26.3. The third-order valence-electron chi connectivity index (χ3n) is 4.09. The zero-order valence-corrected chi connectivity index (χ0v) is 13.4. The van der Waals surface area contributed by atoms with Gasteiger partial charge in [0.2, 0.25) is 0 Å². The lowest BCUT2D eigenvalue weighted by Gasteiger charge is -2.36. The maximum atomic E-state index is 12.5. The maximum Gasteiger partial charge on any atom is 0.411 e. The first-order chi connectivity index (χ1) is 9.87. The van der Waals surface area contributed by atoms with Crippen LogP contribution in [-0.2, 0) is 14.3 Å². The Hall–Kier alpha value is -1.10. The molecule has 0 N–H and O–H groups in total. The van der Waals surface area contributed by atoms with Gasteiger partial charge in [0.1, 0.15) is 11.6 Å². The number of hydrogen-bond donors (Lipinski definition) is 0. The van der Waals surface area contributed by atoms with Crippen molar-refractivity contribution in [2.75, 3.05) is 19.8 Å². The Balaban J connectivity index is 1.97. The first-order valence-electron chi connectivity index (χ1n) is 7.97. The molecule has 5 heteroatoms. The first-order valence-corrected chi connectivity index (χ1v) is 7.97. The predicted octanol–water partition coefficient (Wildman–Crippen LogP) is 2.77. The van der Waals surface area contributed by atoms with Crippen molar-refractivity contribution in [1.82, 2.24) is 4.90 Å². The summed E-state index contributed by atoms with van der Waals surface area (Å²) in [5.41, 5.74) is -0.547. The van der Waals surface area contributed by atoms with Crippen LogP contribution in [0.1, 0.15) is 52.9 Å². The zero-order valence-electron chi connectivity index (χ0n) is 13.4. The molecule has 0 aromatic heterocycles. The lowest BCUT2D eigenvalue weighted by molar-refractivity contribution is -0.131. The lowest BCUT2D eigenvalue weighted by atomic mass is 9.96. The first kappa shape index (κ1) is 16.3. The number of carbonyl (C=O) groups is 2. The van der Waals surface area contributed by atoms with Crippen LogP contribution in [0.15, 0.2) is 0 Å². The van der Waals surface area contributed by atoms with Crippen molar-refractivity contribution in [1.29, 1.82) is 0 Å². The van der Waals surface area contributed by atoms with Crippen molar-refractivity contribution < 1.29 is 19.1 Å². The molecule has 1 aliphatic carbocycles. The van der Waals surface area contributed by atoms with Gasteiger partial charge >= 0.3 is 6.09 Å². The van der Waals surface area contributed by atoms with Gasteiger partial charge in [0.05, 0.1) is 13.2 Å². The number of Topliss-reactive ketones (excluding diaryl/α,β-unsaturated/α-hetero) is 1. The molecule has 2 aliphatic rings. The molecule has 5 nitrogen and oxygen atoms in total. The van der Waals surface area contributed by atoms with Gasteiger partial charge in [0, 0.05) is 13.0 Å². The number of morpholine rings is 1. The van der Waals surface area contributed by atoms with E-state index < -0.39 is 17.7 Å². The van der Waals surface area contributed by atoms with E-state index in [2.05, 4.69) is 0 Å². The van der Waals surface area contributed by atoms with Gasteiger partial charge in [-0.1, -0.05) is 25.7 Å². The molecule has 21 heavy (non-hydrogen) atoms. The van der Waals surface area contributed by atoms with E-state index in [9.17, 15) is 9.59 Å². The van der Waals surface area contributed by atoms with Crippen molar-refractivity contribution in [2.24, 2.45) is 5.92 Å². The summed E-state index contributed by atoms with van der Waals surface area (Å²) < 4.78 is 10.8. The van der Waals surface area contributed by atoms with Crippen LogP contribution in [0.2, 0.25) is 0 Å². The molecular formula is C16H27NO4. The summed E-state index contributed by atoms with van der Waals surface area (Å²) in [6.07, 6.45) is 4.85. The molecule has 1 amide bonds. The molecule has 0 bridgehead atoms. The minimum atomic E-state index is -0.547. The number of amides is 1. The van der Waals surface area contributed by atoms with E-state index in [0.29, 0.717) is 32.1 Å². The molecule has 1 atom stereocenters. The second-order valence-electron chi connectivity index (χ2n) is 7.09. The van der Waals surface area contributed by atoms with Crippen LogP contribution in [0.5, 0.6) is 0 Å². The molecular weight excluding hydrogens is 270 g/mol. The van der Waals surface area contributed by atoms with Crippen LogP contribution in [-0.4, -0.2) is 48.2 Å². The molecule has 1 saturated heterocycles. The second kappa shape index (κ2) is 6.77. The second-order valence-corrected chi connectivity index (χ2v) is 7.09. The zero-order chi connectivity index (χ0) is 15.5. The highest BCUT2D eigenvalue weighted by Gasteiger charge is 2.36. The molecule has 1 heterocycles. The van der Waals surface area contributed by atoms with E-state index in [0.717, 1.165) is 12.8 Å². The quantitative estimate of drug-likeness (QED) is 0.804. The highest BCUT2D eigenvalue weighted by molar-refractivity contribution is 5.88. The Labute approximate surface area is 127 Å². The normalized spacial score (nSPS) is 24.1. The molecule has 0 aromatic carbocycles. The summed E-state index contributed by atoms with van der Waals surface area (Å²) >= 11 is 0. The summed E-state index contributed by atoms with van der Waals surface area (Å²) in [5.74, 6) is 0.604. The minimum absolute atomic E-state index is 0.118. The van der Waals surface area contributed by atoms with Gasteiger partial charge < -0.3 is 9.47 Å². The minimum Gasteiger partial charge on any atom is -0.444 e. The summed E-state index contributed by atoms with van der Waals surface area (Å²) in [7, 11) is 0. The number of rotatable bonds is 3. The molecule has 1 aliphatic heterocycles. The third-order valence-corrected chi connectivity index (χ3v) is 4.09. The van der Waals surface area contributed by atoms with E-state index in [4.69, 9.17) is 9.47 Å². The average Bonchev–Trinajstić information content (AvgIpc) is 2.89. The third kappa shape index (κ3) is 4.70. The molecule has 1 unspecified atom stereocenters. The number of ketones is 1. The molecule has 2 rings (SSSR count). The van der Waals surface area contributed by atoms with Crippen molar-refractivity contribution in [3.8, 4) is 0 Å². The van der Waals surface area contributed by atoms with Gasteiger partial charge in [-0.05, 0) is 26.7 Å². The van der Waals surface area contributed by atoms with Crippen LogP contribution in [0, 0.1) is 5.92 Å². The molecule has 0 spiro atoms. The van der Waals surface area contributed by atoms with Crippen molar-refractivity contribution in [3.63, 3.8) is 0 Å². The van der Waals surface area contributed by atoms with Crippen molar-refractivity contribution in [3.05, 3.63) is 0 Å². The van der Waals surface area contributed by atoms with E-state index >= 15 is 0 Å². The van der Waals surface area contributed by atoms with Gasteiger partial charge in [-0.3, -0.25) is 9.69 Å². The smallest absolute Gasteiger partial charge is 0.411 e. The molecule has 1 saturated carbocycles. The standard InChI is InChI=1S/C16H27NO4/c1-16(2,3)21-15(19)17-8-9-20-11-13(17)14(18)10-12-6-4-5-7-12/h12-13H,4-11H2,1-3H3. The number of carbonyl (C=O) groups excluding carboxylic acids is 2. The van der Waals surface area contributed by atoms with Gasteiger partial charge in [0.25, 0.3) is 0 Å². The highest BCUT2D eigenvalue weighted by Crippen LogP contribution is 2.29. The van der Waals surface area contributed by atoms with E-state index in [1.165, 1.54) is 12.8 Å². The van der Waals surface area contributed by atoms with Gasteiger partial charge in [-0.2, -0.15) is 0 Å². The van der Waals surface area contributed by atoms with Crippen LogP contribution < -0.4 is 0 Å². The molecule has 0 radical (unpaired) electrons. The largest absolute Gasteiger partial charge is 0.444 e. The molecule has 2 fully saturated rings. The Morgan fingerprint density at radius 1 is 1.24 bits per heavy atom. The summed E-state index contributed by atoms with van der Waals surface area (Å²) in [6.45, 7) is 6.69. The Morgan fingerprint density at radius 2 is 1.90 bits per heavy atom. The van der Waals surface area contributed by atoms with Crippen LogP contribution in [0.25, 0.3) is 0 Å². The number of ether oxygens (including phenoxy) is 2. The molecule has 120 valence electrons. The van der Waals surface area contributed by atoms with Crippen LogP contribution >= 0.6 is 0 Å².